The van der Waals surface area contributed by atoms with E-state index in [0.29, 0.717) is 11.5 Å². The van der Waals surface area contributed by atoms with Crippen LogP contribution < -0.4 is 5.76 Å². The van der Waals surface area contributed by atoms with Crippen LogP contribution in [0.25, 0.3) is 11.1 Å². The Balaban J connectivity index is 2.00. The maximum Gasteiger partial charge on any atom is 0.417 e. The molecule has 0 radical (unpaired) electrons. The minimum Gasteiger partial charge on any atom is -0.408 e. The van der Waals surface area contributed by atoms with Crippen LogP contribution in [0.5, 0.6) is 0 Å². The minimum absolute atomic E-state index is 0.365. The van der Waals surface area contributed by atoms with Gasteiger partial charge < -0.3 is 4.42 Å². The molecule has 16 heavy (non-hydrogen) atoms. The summed E-state index contributed by atoms with van der Waals surface area (Å²) >= 11 is 0. The van der Waals surface area contributed by atoms with Crippen LogP contribution in [0, 0.1) is 0 Å². The first-order valence-electron chi connectivity index (χ1n) is 5.96. The monoisotopic (exact) mass is 217 g/mol. The van der Waals surface area contributed by atoms with Gasteiger partial charge in [0.15, 0.2) is 5.58 Å². The largest absolute Gasteiger partial charge is 0.417 e. The molecule has 0 aliphatic heterocycles. The van der Waals surface area contributed by atoms with E-state index in [0.717, 1.165) is 5.52 Å². The Morgan fingerprint density at radius 2 is 2.00 bits per heavy atom. The van der Waals surface area contributed by atoms with Crippen molar-refractivity contribution in [3.63, 3.8) is 0 Å². The third-order valence-electron chi connectivity index (χ3n) is 3.52. The summed E-state index contributed by atoms with van der Waals surface area (Å²) in [4.78, 5) is 13.7. The van der Waals surface area contributed by atoms with Crippen LogP contribution in [0.1, 0.15) is 43.6 Å². The molecule has 1 aromatic carbocycles. The van der Waals surface area contributed by atoms with E-state index in [9.17, 15) is 4.79 Å². The Bertz CT molecular complexity index is 546. The molecule has 1 fully saturated rings. The number of rotatable bonds is 1. The number of H-pyrrole nitrogens is 1. The molecule has 1 N–H and O–H groups in total. The van der Waals surface area contributed by atoms with Crippen molar-refractivity contribution in [2.24, 2.45) is 0 Å². The first-order chi connectivity index (χ1) is 7.83. The smallest absolute Gasteiger partial charge is 0.408 e. The van der Waals surface area contributed by atoms with Crippen LogP contribution in [-0.2, 0) is 0 Å². The Hall–Kier alpha value is -1.51. The first-order valence-corrected chi connectivity index (χ1v) is 5.96. The highest BCUT2D eigenvalue weighted by Gasteiger charge is 2.16. The van der Waals surface area contributed by atoms with Crippen molar-refractivity contribution in [2.75, 3.05) is 0 Å². The highest BCUT2D eigenvalue weighted by molar-refractivity contribution is 5.72. The van der Waals surface area contributed by atoms with Crippen LogP contribution in [0.2, 0.25) is 0 Å². The van der Waals surface area contributed by atoms with Gasteiger partial charge in [-0.3, -0.25) is 4.98 Å². The molecule has 3 nitrogen and oxygen atoms in total. The average Bonchev–Trinajstić information content (AvgIpc) is 2.69. The summed E-state index contributed by atoms with van der Waals surface area (Å²) in [5.74, 6) is 0.286. The summed E-state index contributed by atoms with van der Waals surface area (Å²) in [7, 11) is 0. The molecular formula is C13H15NO2. The lowest BCUT2D eigenvalue weighted by Crippen LogP contribution is -2.03. The predicted molar refractivity (Wildman–Crippen MR) is 62.7 cm³/mol. The van der Waals surface area contributed by atoms with Gasteiger partial charge in [0.2, 0.25) is 0 Å². The maximum atomic E-state index is 11.1. The zero-order valence-electron chi connectivity index (χ0n) is 9.16. The molecule has 0 atom stereocenters. The molecule has 0 amide bonds. The van der Waals surface area contributed by atoms with Gasteiger partial charge >= 0.3 is 5.76 Å². The van der Waals surface area contributed by atoms with Gasteiger partial charge in [0.05, 0.1) is 5.52 Å². The van der Waals surface area contributed by atoms with Gasteiger partial charge in [0, 0.05) is 0 Å². The van der Waals surface area contributed by atoms with Crippen molar-refractivity contribution in [1.29, 1.82) is 0 Å². The van der Waals surface area contributed by atoms with Crippen molar-refractivity contribution in [2.45, 2.75) is 38.0 Å². The molecule has 1 heterocycles. The van der Waals surface area contributed by atoms with Crippen molar-refractivity contribution in [3.05, 3.63) is 34.3 Å². The standard InChI is InChI=1S/C13H15NO2/c15-13-14-11-7-6-10(8-12(11)16-13)9-4-2-1-3-5-9/h6-9H,1-5H2,(H,14,15). The Morgan fingerprint density at radius 3 is 2.81 bits per heavy atom. The first kappa shape index (κ1) is 9.70. The summed E-state index contributed by atoms with van der Waals surface area (Å²) < 4.78 is 5.09. The normalized spacial score (nSPS) is 18.0. The molecule has 3 heteroatoms. The lowest BCUT2D eigenvalue weighted by molar-refractivity contribution is 0.443. The van der Waals surface area contributed by atoms with Crippen LogP contribution >= 0.6 is 0 Å². The molecule has 84 valence electrons. The Kier molecular flexibility index (Phi) is 2.31. The Morgan fingerprint density at radius 1 is 1.19 bits per heavy atom. The fourth-order valence-corrected chi connectivity index (χ4v) is 2.65. The van der Waals surface area contributed by atoms with Crippen molar-refractivity contribution >= 4 is 11.1 Å². The van der Waals surface area contributed by atoms with Crippen LogP contribution in [-0.4, -0.2) is 4.98 Å². The summed E-state index contributed by atoms with van der Waals surface area (Å²) in [6, 6.07) is 6.08. The number of benzene rings is 1. The molecule has 1 saturated carbocycles. The molecule has 1 aliphatic rings. The van der Waals surface area contributed by atoms with E-state index in [-0.39, 0.29) is 5.76 Å². The average molecular weight is 217 g/mol. The molecule has 1 aliphatic carbocycles. The molecule has 0 spiro atoms. The van der Waals surface area contributed by atoms with Crippen molar-refractivity contribution in [3.8, 4) is 0 Å². The summed E-state index contributed by atoms with van der Waals surface area (Å²) in [6.45, 7) is 0. The van der Waals surface area contributed by atoms with E-state index >= 15 is 0 Å². The number of hydrogen-bond donors (Lipinski definition) is 1. The predicted octanol–water partition coefficient (Wildman–Crippen LogP) is 3.17. The number of fused-ring (bicyclic) bond motifs is 1. The third kappa shape index (κ3) is 1.66. The van der Waals surface area contributed by atoms with Crippen molar-refractivity contribution in [1.82, 2.24) is 4.98 Å². The number of oxazole rings is 1. The van der Waals surface area contributed by atoms with Gasteiger partial charge in [-0.25, -0.2) is 4.79 Å². The van der Waals surface area contributed by atoms with E-state index in [1.54, 1.807) is 0 Å². The lowest BCUT2D eigenvalue weighted by atomic mass is 9.84. The number of nitrogens with one attached hydrogen (secondary N) is 1. The third-order valence-corrected chi connectivity index (χ3v) is 3.52. The van der Waals surface area contributed by atoms with E-state index in [2.05, 4.69) is 11.1 Å². The molecule has 0 unspecified atom stereocenters. The van der Waals surface area contributed by atoms with E-state index < -0.39 is 0 Å². The second kappa shape index (κ2) is 3.81. The van der Waals surface area contributed by atoms with E-state index in [1.165, 1.54) is 37.7 Å². The lowest BCUT2D eigenvalue weighted by Gasteiger charge is -2.21. The van der Waals surface area contributed by atoms with Crippen LogP contribution in [0.3, 0.4) is 0 Å². The quantitative estimate of drug-likeness (QED) is 0.797. The van der Waals surface area contributed by atoms with Crippen LogP contribution in [0.15, 0.2) is 27.4 Å². The van der Waals surface area contributed by atoms with Crippen molar-refractivity contribution < 1.29 is 4.42 Å². The fraction of sp³-hybridized carbons (Fsp3) is 0.462. The summed E-state index contributed by atoms with van der Waals surface area (Å²) in [6.07, 6.45) is 6.53. The van der Waals surface area contributed by atoms with E-state index in [1.807, 2.05) is 12.1 Å². The molecule has 2 aromatic rings. The topological polar surface area (TPSA) is 46.0 Å². The zero-order valence-corrected chi connectivity index (χ0v) is 9.16. The van der Waals surface area contributed by atoms with Crippen LogP contribution in [0.4, 0.5) is 0 Å². The Labute approximate surface area is 93.5 Å². The maximum absolute atomic E-state index is 11.1. The van der Waals surface area contributed by atoms with E-state index in [4.69, 9.17) is 4.42 Å². The van der Waals surface area contributed by atoms with Gasteiger partial charge in [0.1, 0.15) is 0 Å². The fourth-order valence-electron chi connectivity index (χ4n) is 2.65. The van der Waals surface area contributed by atoms with Gasteiger partial charge in [-0.05, 0) is 36.5 Å². The zero-order chi connectivity index (χ0) is 11.0. The van der Waals surface area contributed by atoms with Gasteiger partial charge in [0.25, 0.3) is 0 Å². The van der Waals surface area contributed by atoms with Gasteiger partial charge in [-0.2, -0.15) is 0 Å². The number of aromatic amines is 1. The minimum atomic E-state index is -0.365. The molecule has 3 rings (SSSR count). The number of hydrogen-bond acceptors (Lipinski definition) is 2. The summed E-state index contributed by atoms with van der Waals surface area (Å²) in [5, 5.41) is 0. The van der Waals surface area contributed by atoms with Gasteiger partial charge in [-0.15, -0.1) is 0 Å². The second-order valence-electron chi connectivity index (χ2n) is 4.61. The van der Waals surface area contributed by atoms with Gasteiger partial charge in [-0.1, -0.05) is 25.3 Å². The highest BCUT2D eigenvalue weighted by Crippen LogP contribution is 2.33. The molecule has 1 aromatic heterocycles. The second-order valence-corrected chi connectivity index (χ2v) is 4.61. The molecular weight excluding hydrogens is 202 g/mol. The SMILES string of the molecule is O=c1[nH]c2ccc(C3CCCCC3)cc2o1. The number of aromatic nitrogens is 1. The molecule has 0 bridgehead atoms. The summed E-state index contributed by atoms with van der Waals surface area (Å²) in [5.41, 5.74) is 2.80. The highest BCUT2D eigenvalue weighted by atomic mass is 16.4. The molecule has 0 saturated heterocycles.